The standard InChI is InChI=1S/C16H22N2O3S/c1-2-3-12-22(19,20)18-10-8-13(9-11-18)16-17-14-6-4-5-7-15(14)21-16/h4-7,13H,2-3,8-12H2,1H3. The van der Waals surface area contributed by atoms with Gasteiger partial charge in [-0.3, -0.25) is 0 Å². The summed E-state index contributed by atoms with van der Waals surface area (Å²) >= 11 is 0. The minimum absolute atomic E-state index is 0.213. The van der Waals surface area contributed by atoms with Gasteiger partial charge in [0.15, 0.2) is 11.5 Å². The van der Waals surface area contributed by atoms with E-state index in [2.05, 4.69) is 4.98 Å². The van der Waals surface area contributed by atoms with Gasteiger partial charge in [-0.2, -0.15) is 0 Å². The van der Waals surface area contributed by atoms with Crippen molar-refractivity contribution in [2.24, 2.45) is 0 Å². The first-order valence-corrected chi connectivity index (χ1v) is 9.54. The molecule has 1 saturated heterocycles. The molecule has 1 aromatic heterocycles. The van der Waals surface area contributed by atoms with E-state index in [-0.39, 0.29) is 11.7 Å². The van der Waals surface area contributed by atoms with Crippen molar-refractivity contribution in [1.82, 2.24) is 9.29 Å². The molecule has 0 unspecified atom stereocenters. The summed E-state index contributed by atoms with van der Waals surface area (Å²) in [4.78, 5) is 4.54. The van der Waals surface area contributed by atoms with Gasteiger partial charge in [0, 0.05) is 19.0 Å². The van der Waals surface area contributed by atoms with Gasteiger partial charge in [-0.1, -0.05) is 25.5 Å². The second-order valence-corrected chi connectivity index (χ2v) is 7.95. The summed E-state index contributed by atoms with van der Waals surface area (Å²) in [7, 11) is -3.09. The number of sulfonamides is 1. The van der Waals surface area contributed by atoms with Crippen molar-refractivity contribution in [3.05, 3.63) is 30.2 Å². The minimum atomic E-state index is -3.09. The summed E-state index contributed by atoms with van der Waals surface area (Å²) in [6.45, 7) is 3.14. The van der Waals surface area contributed by atoms with Crippen LogP contribution in [0.1, 0.15) is 44.4 Å². The summed E-state index contributed by atoms with van der Waals surface area (Å²) in [5, 5.41) is 0. The average Bonchev–Trinajstić information content (AvgIpc) is 2.97. The molecular formula is C16H22N2O3S. The van der Waals surface area contributed by atoms with Crippen molar-refractivity contribution in [3.8, 4) is 0 Å². The Labute approximate surface area is 131 Å². The number of rotatable bonds is 5. The molecule has 120 valence electrons. The Hall–Kier alpha value is -1.40. The molecule has 1 aromatic carbocycles. The average molecular weight is 322 g/mol. The fraction of sp³-hybridized carbons (Fsp3) is 0.562. The van der Waals surface area contributed by atoms with E-state index in [9.17, 15) is 8.42 Å². The van der Waals surface area contributed by atoms with Crippen LogP contribution in [0.5, 0.6) is 0 Å². The predicted molar refractivity (Wildman–Crippen MR) is 86.3 cm³/mol. The van der Waals surface area contributed by atoms with E-state index in [0.717, 1.165) is 42.7 Å². The topological polar surface area (TPSA) is 63.4 Å². The Balaban J connectivity index is 1.66. The summed E-state index contributed by atoms with van der Waals surface area (Å²) < 4.78 is 31.9. The highest BCUT2D eigenvalue weighted by Crippen LogP contribution is 2.30. The number of benzene rings is 1. The van der Waals surface area contributed by atoms with Gasteiger partial charge in [0.2, 0.25) is 10.0 Å². The van der Waals surface area contributed by atoms with E-state index in [1.165, 1.54) is 0 Å². The quantitative estimate of drug-likeness (QED) is 0.848. The molecular weight excluding hydrogens is 300 g/mol. The van der Waals surface area contributed by atoms with Crippen LogP contribution < -0.4 is 0 Å². The molecule has 0 radical (unpaired) electrons. The van der Waals surface area contributed by atoms with Gasteiger partial charge >= 0.3 is 0 Å². The van der Waals surface area contributed by atoms with E-state index >= 15 is 0 Å². The van der Waals surface area contributed by atoms with Crippen LogP contribution in [0.4, 0.5) is 0 Å². The summed E-state index contributed by atoms with van der Waals surface area (Å²) in [5.74, 6) is 1.22. The fourth-order valence-corrected chi connectivity index (χ4v) is 4.58. The lowest BCUT2D eigenvalue weighted by molar-refractivity contribution is 0.293. The first kappa shape index (κ1) is 15.5. The molecule has 1 aliphatic rings. The number of aromatic nitrogens is 1. The Morgan fingerprint density at radius 1 is 1.27 bits per heavy atom. The van der Waals surface area contributed by atoms with Crippen LogP contribution in [0.15, 0.2) is 28.7 Å². The van der Waals surface area contributed by atoms with Crippen LogP contribution in [-0.4, -0.2) is 36.5 Å². The normalized spacial score (nSPS) is 18.0. The van der Waals surface area contributed by atoms with E-state index in [4.69, 9.17) is 4.42 Å². The second-order valence-electron chi connectivity index (χ2n) is 5.86. The molecule has 0 N–H and O–H groups in total. The highest BCUT2D eigenvalue weighted by atomic mass is 32.2. The third-order valence-electron chi connectivity index (χ3n) is 4.26. The highest BCUT2D eigenvalue weighted by Gasteiger charge is 2.30. The molecule has 2 heterocycles. The molecule has 1 fully saturated rings. The Bertz CT molecular complexity index is 698. The van der Waals surface area contributed by atoms with Crippen LogP contribution in [0, 0.1) is 0 Å². The second kappa shape index (κ2) is 6.38. The summed E-state index contributed by atoms with van der Waals surface area (Å²) in [5.41, 5.74) is 1.67. The number of unbranched alkanes of at least 4 members (excludes halogenated alkanes) is 1. The zero-order valence-corrected chi connectivity index (χ0v) is 13.7. The lowest BCUT2D eigenvalue weighted by Gasteiger charge is -2.29. The van der Waals surface area contributed by atoms with Crippen molar-refractivity contribution in [3.63, 3.8) is 0 Å². The van der Waals surface area contributed by atoms with Crippen molar-refractivity contribution in [2.75, 3.05) is 18.8 Å². The molecule has 0 aliphatic carbocycles. The maximum Gasteiger partial charge on any atom is 0.214 e. The van der Waals surface area contributed by atoms with Crippen LogP contribution in [0.3, 0.4) is 0 Å². The number of fused-ring (bicyclic) bond motifs is 1. The zero-order valence-electron chi connectivity index (χ0n) is 12.9. The minimum Gasteiger partial charge on any atom is -0.440 e. The largest absolute Gasteiger partial charge is 0.440 e. The number of piperidine rings is 1. The number of hydrogen-bond acceptors (Lipinski definition) is 4. The molecule has 0 saturated carbocycles. The van der Waals surface area contributed by atoms with Gasteiger partial charge in [-0.15, -0.1) is 0 Å². The van der Waals surface area contributed by atoms with Gasteiger partial charge in [0.1, 0.15) is 5.52 Å². The van der Waals surface area contributed by atoms with E-state index in [1.807, 2.05) is 31.2 Å². The first-order chi connectivity index (χ1) is 10.6. The van der Waals surface area contributed by atoms with Crippen LogP contribution >= 0.6 is 0 Å². The fourth-order valence-electron chi connectivity index (χ4n) is 2.90. The van der Waals surface area contributed by atoms with Crippen LogP contribution in [-0.2, 0) is 10.0 Å². The highest BCUT2D eigenvalue weighted by molar-refractivity contribution is 7.89. The lowest BCUT2D eigenvalue weighted by Crippen LogP contribution is -2.39. The smallest absolute Gasteiger partial charge is 0.214 e. The van der Waals surface area contributed by atoms with Crippen LogP contribution in [0.25, 0.3) is 11.1 Å². The third-order valence-corrected chi connectivity index (χ3v) is 6.22. The maximum absolute atomic E-state index is 12.2. The van der Waals surface area contributed by atoms with Crippen molar-refractivity contribution in [2.45, 2.75) is 38.5 Å². The summed E-state index contributed by atoms with van der Waals surface area (Å²) in [6.07, 6.45) is 3.18. The van der Waals surface area contributed by atoms with Gasteiger partial charge in [0.25, 0.3) is 0 Å². The molecule has 2 aromatic rings. The molecule has 6 heteroatoms. The monoisotopic (exact) mass is 322 g/mol. The molecule has 0 spiro atoms. The number of nitrogens with zero attached hydrogens (tertiary/aromatic N) is 2. The van der Waals surface area contributed by atoms with Gasteiger partial charge < -0.3 is 4.42 Å². The lowest BCUT2D eigenvalue weighted by atomic mass is 9.98. The molecule has 22 heavy (non-hydrogen) atoms. The third kappa shape index (κ3) is 3.17. The number of oxazole rings is 1. The Morgan fingerprint density at radius 3 is 2.68 bits per heavy atom. The van der Waals surface area contributed by atoms with E-state index in [0.29, 0.717) is 13.1 Å². The van der Waals surface area contributed by atoms with E-state index in [1.54, 1.807) is 4.31 Å². The number of para-hydroxylation sites is 2. The molecule has 5 nitrogen and oxygen atoms in total. The van der Waals surface area contributed by atoms with E-state index < -0.39 is 10.0 Å². The Morgan fingerprint density at radius 2 is 2.00 bits per heavy atom. The van der Waals surface area contributed by atoms with Gasteiger partial charge in [-0.05, 0) is 31.4 Å². The maximum atomic E-state index is 12.2. The number of hydrogen-bond donors (Lipinski definition) is 0. The van der Waals surface area contributed by atoms with Gasteiger partial charge in [-0.25, -0.2) is 17.7 Å². The van der Waals surface area contributed by atoms with Gasteiger partial charge in [0.05, 0.1) is 5.75 Å². The molecule has 0 atom stereocenters. The molecule has 0 amide bonds. The SMILES string of the molecule is CCCCS(=O)(=O)N1CCC(c2nc3ccccc3o2)CC1. The Kier molecular flexibility index (Phi) is 4.49. The first-order valence-electron chi connectivity index (χ1n) is 7.93. The zero-order chi connectivity index (χ0) is 15.6. The molecule has 3 rings (SSSR count). The van der Waals surface area contributed by atoms with Crippen molar-refractivity contribution < 1.29 is 12.8 Å². The van der Waals surface area contributed by atoms with Crippen LogP contribution in [0.2, 0.25) is 0 Å². The van der Waals surface area contributed by atoms with Crippen molar-refractivity contribution in [1.29, 1.82) is 0 Å². The van der Waals surface area contributed by atoms with Crippen molar-refractivity contribution >= 4 is 21.1 Å². The molecule has 0 bridgehead atoms. The summed E-state index contributed by atoms with van der Waals surface area (Å²) in [6, 6.07) is 7.72. The molecule has 1 aliphatic heterocycles. The predicted octanol–water partition coefficient (Wildman–Crippen LogP) is 3.14.